The van der Waals surface area contributed by atoms with Crippen LogP contribution in [0.25, 0.3) is 0 Å². The van der Waals surface area contributed by atoms with E-state index in [0.717, 1.165) is 19.6 Å². The first-order valence-corrected chi connectivity index (χ1v) is 6.26. The Hall–Kier alpha value is -1.62. The Labute approximate surface area is 107 Å². The van der Waals surface area contributed by atoms with Crippen molar-refractivity contribution in [2.75, 3.05) is 32.0 Å². The van der Waals surface area contributed by atoms with Crippen molar-refractivity contribution in [2.45, 2.75) is 12.8 Å². The number of rotatable bonds is 4. The SMILES string of the molecule is CN1CCCC(CNc2cnccc2C(=O)O)C1. The average Bonchev–Trinajstić information content (AvgIpc) is 2.37. The van der Waals surface area contributed by atoms with E-state index in [9.17, 15) is 4.79 Å². The summed E-state index contributed by atoms with van der Waals surface area (Å²) < 4.78 is 0. The van der Waals surface area contributed by atoms with Crippen molar-refractivity contribution in [3.63, 3.8) is 0 Å². The number of nitrogens with zero attached hydrogens (tertiary/aromatic N) is 2. The normalized spacial score (nSPS) is 20.6. The molecule has 5 heteroatoms. The van der Waals surface area contributed by atoms with Crippen molar-refractivity contribution in [3.05, 3.63) is 24.0 Å². The van der Waals surface area contributed by atoms with Crippen LogP contribution in [0.5, 0.6) is 0 Å². The second-order valence-corrected chi connectivity index (χ2v) is 4.88. The summed E-state index contributed by atoms with van der Waals surface area (Å²) in [5, 5.41) is 12.3. The molecule has 0 aromatic carbocycles. The van der Waals surface area contributed by atoms with Crippen LogP contribution in [-0.2, 0) is 0 Å². The topological polar surface area (TPSA) is 65.5 Å². The van der Waals surface area contributed by atoms with Crippen molar-refractivity contribution >= 4 is 11.7 Å². The molecule has 1 aliphatic rings. The van der Waals surface area contributed by atoms with Crippen molar-refractivity contribution in [1.29, 1.82) is 0 Å². The van der Waals surface area contributed by atoms with Gasteiger partial charge in [-0.1, -0.05) is 0 Å². The molecule has 0 radical (unpaired) electrons. The molecule has 1 atom stereocenters. The van der Waals surface area contributed by atoms with Crippen LogP contribution in [0.15, 0.2) is 18.5 Å². The number of aromatic carboxylic acids is 1. The maximum atomic E-state index is 11.0. The molecule has 0 aliphatic carbocycles. The highest BCUT2D eigenvalue weighted by Crippen LogP contribution is 2.18. The Morgan fingerprint density at radius 3 is 3.22 bits per heavy atom. The third-order valence-electron chi connectivity index (χ3n) is 3.35. The van der Waals surface area contributed by atoms with Gasteiger partial charge in [0.05, 0.1) is 17.4 Å². The van der Waals surface area contributed by atoms with Crippen LogP contribution in [0.4, 0.5) is 5.69 Å². The molecule has 0 spiro atoms. The summed E-state index contributed by atoms with van der Waals surface area (Å²) in [6.07, 6.45) is 5.49. The molecule has 2 heterocycles. The molecule has 98 valence electrons. The lowest BCUT2D eigenvalue weighted by atomic mass is 9.98. The van der Waals surface area contributed by atoms with Crippen molar-refractivity contribution in [3.8, 4) is 0 Å². The zero-order valence-electron chi connectivity index (χ0n) is 10.6. The van der Waals surface area contributed by atoms with E-state index in [0.29, 0.717) is 11.6 Å². The van der Waals surface area contributed by atoms with E-state index in [1.165, 1.54) is 25.1 Å². The molecule has 1 unspecified atom stereocenters. The second kappa shape index (κ2) is 5.82. The molecule has 1 saturated heterocycles. The molecular formula is C13H19N3O2. The molecule has 1 fully saturated rings. The van der Waals surface area contributed by atoms with Gasteiger partial charge in [-0.25, -0.2) is 4.79 Å². The Balaban J connectivity index is 1.95. The van der Waals surface area contributed by atoms with Gasteiger partial charge < -0.3 is 15.3 Å². The molecular weight excluding hydrogens is 230 g/mol. The summed E-state index contributed by atoms with van der Waals surface area (Å²) in [6.45, 7) is 3.02. The number of carboxylic acids is 1. The zero-order chi connectivity index (χ0) is 13.0. The van der Waals surface area contributed by atoms with Gasteiger partial charge in [0.15, 0.2) is 0 Å². The third-order valence-corrected chi connectivity index (χ3v) is 3.35. The van der Waals surface area contributed by atoms with Gasteiger partial charge in [0, 0.05) is 19.3 Å². The van der Waals surface area contributed by atoms with Gasteiger partial charge in [-0.05, 0) is 38.4 Å². The van der Waals surface area contributed by atoms with Gasteiger partial charge in [0.2, 0.25) is 0 Å². The maximum Gasteiger partial charge on any atom is 0.337 e. The predicted octanol–water partition coefficient (Wildman–Crippen LogP) is 1.53. The summed E-state index contributed by atoms with van der Waals surface area (Å²) in [7, 11) is 2.12. The minimum absolute atomic E-state index is 0.286. The zero-order valence-corrected chi connectivity index (χ0v) is 10.6. The summed E-state index contributed by atoms with van der Waals surface area (Å²) in [6, 6.07) is 1.53. The van der Waals surface area contributed by atoms with Gasteiger partial charge >= 0.3 is 5.97 Å². The fourth-order valence-corrected chi connectivity index (χ4v) is 2.42. The number of carboxylic acid groups (broad SMARTS) is 1. The highest BCUT2D eigenvalue weighted by atomic mass is 16.4. The summed E-state index contributed by atoms with van der Waals surface area (Å²) in [5.41, 5.74) is 0.896. The van der Waals surface area contributed by atoms with Crippen LogP contribution < -0.4 is 5.32 Å². The smallest absolute Gasteiger partial charge is 0.337 e. The molecule has 1 aromatic heterocycles. The Morgan fingerprint density at radius 1 is 1.67 bits per heavy atom. The Morgan fingerprint density at radius 2 is 2.50 bits per heavy atom. The largest absolute Gasteiger partial charge is 0.478 e. The van der Waals surface area contributed by atoms with Crippen molar-refractivity contribution < 1.29 is 9.90 Å². The number of aromatic nitrogens is 1. The molecule has 2 rings (SSSR count). The summed E-state index contributed by atoms with van der Waals surface area (Å²) >= 11 is 0. The van der Waals surface area contributed by atoms with E-state index >= 15 is 0 Å². The molecule has 5 nitrogen and oxygen atoms in total. The minimum atomic E-state index is -0.916. The third kappa shape index (κ3) is 3.20. The van der Waals surface area contributed by atoms with E-state index < -0.39 is 5.97 Å². The molecule has 2 N–H and O–H groups in total. The first kappa shape index (κ1) is 12.8. The lowest BCUT2D eigenvalue weighted by molar-refractivity contribution is 0.0697. The van der Waals surface area contributed by atoms with Gasteiger partial charge in [-0.15, -0.1) is 0 Å². The van der Waals surface area contributed by atoms with Crippen LogP contribution in [0, 0.1) is 5.92 Å². The number of piperidine rings is 1. The number of anilines is 1. The first-order valence-electron chi connectivity index (χ1n) is 6.26. The highest BCUT2D eigenvalue weighted by Gasteiger charge is 2.17. The highest BCUT2D eigenvalue weighted by molar-refractivity contribution is 5.93. The second-order valence-electron chi connectivity index (χ2n) is 4.88. The van der Waals surface area contributed by atoms with Crippen LogP contribution in [0.3, 0.4) is 0 Å². The number of hydrogen-bond acceptors (Lipinski definition) is 4. The fraction of sp³-hybridized carbons (Fsp3) is 0.538. The number of nitrogens with one attached hydrogen (secondary N) is 1. The quantitative estimate of drug-likeness (QED) is 0.847. The van der Waals surface area contributed by atoms with Gasteiger partial charge in [0.1, 0.15) is 0 Å². The van der Waals surface area contributed by atoms with Crippen LogP contribution in [0.2, 0.25) is 0 Å². The van der Waals surface area contributed by atoms with Gasteiger partial charge in [0.25, 0.3) is 0 Å². The summed E-state index contributed by atoms with van der Waals surface area (Å²) in [4.78, 5) is 17.3. The lowest BCUT2D eigenvalue weighted by Gasteiger charge is -2.30. The monoisotopic (exact) mass is 249 g/mol. The van der Waals surface area contributed by atoms with Crippen LogP contribution in [-0.4, -0.2) is 47.6 Å². The lowest BCUT2D eigenvalue weighted by Crippen LogP contribution is -2.35. The predicted molar refractivity (Wildman–Crippen MR) is 69.9 cm³/mol. The van der Waals surface area contributed by atoms with Crippen molar-refractivity contribution in [2.24, 2.45) is 5.92 Å². The number of likely N-dealkylation sites (tertiary alicyclic amines) is 1. The molecule has 18 heavy (non-hydrogen) atoms. The standard InChI is InChI=1S/C13H19N3O2/c1-16-6-2-3-10(9-16)7-15-12-8-14-5-4-11(12)13(17)18/h4-5,8,10,15H,2-3,6-7,9H2,1H3,(H,17,18). The average molecular weight is 249 g/mol. The van der Waals surface area contributed by atoms with Gasteiger partial charge in [-0.2, -0.15) is 0 Å². The van der Waals surface area contributed by atoms with Crippen LogP contribution in [0.1, 0.15) is 23.2 Å². The van der Waals surface area contributed by atoms with E-state index in [2.05, 4.69) is 22.2 Å². The first-order chi connectivity index (χ1) is 8.66. The number of carbonyl (C=O) groups is 1. The van der Waals surface area contributed by atoms with E-state index in [1.54, 1.807) is 6.20 Å². The minimum Gasteiger partial charge on any atom is -0.478 e. The Bertz CT molecular complexity index is 422. The number of hydrogen-bond donors (Lipinski definition) is 2. The number of pyridine rings is 1. The maximum absolute atomic E-state index is 11.0. The van der Waals surface area contributed by atoms with E-state index in [1.807, 2.05) is 0 Å². The fourth-order valence-electron chi connectivity index (χ4n) is 2.42. The Kier molecular flexibility index (Phi) is 4.15. The summed E-state index contributed by atoms with van der Waals surface area (Å²) in [5.74, 6) is -0.341. The molecule has 0 saturated carbocycles. The van der Waals surface area contributed by atoms with Crippen molar-refractivity contribution in [1.82, 2.24) is 9.88 Å². The molecule has 0 amide bonds. The molecule has 1 aromatic rings. The van der Waals surface area contributed by atoms with E-state index in [4.69, 9.17) is 5.11 Å². The van der Waals surface area contributed by atoms with Gasteiger partial charge in [-0.3, -0.25) is 4.98 Å². The van der Waals surface area contributed by atoms with Crippen LogP contribution >= 0.6 is 0 Å². The molecule has 1 aliphatic heterocycles. The van der Waals surface area contributed by atoms with E-state index in [-0.39, 0.29) is 5.56 Å². The molecule has 0 bridgehead atoms.